The number of para-hydroxylation sites is 4. The van der Waals surface area contributed by atoms with Crippen LogP contribution >= 0.6 is 0 Å². The zero-order chi connectivity index (χ0) is 56.6. The first kappa shape index (κ1) is 17.0. The molecule has 3 nitrogen and oxygen atoms in total. The molecule has 0 fully saturated rings. The summed E-state index contributed by atoms with van der Waals surface area (Å²) < 4.78 is 206. The van der Waals surface area contributed by atoms with Gasteiger partial charge in [-0.15, -0.1) is 0 Å². The summed E-state index contributed by atoms with van der Waals surface area (Å²) in [4.78, 5) is 0. The lowest BCUT2D eigenvalue weighted by molar-refractivity contribution is 1.16. The maximum atomic E-state index is 10.1. The average Bonchev–Trinajstić information content (AvgIpc) is 4.20. The van der Waals surface area contributed by atoms with E-state index in [0.717, 1.165) is 25.8 Å². The Balaban J connectivity index is 1.28. The van der Waals surface area contributed by atoms with E-state index >= 15 is 0 Å². The summed E-state index contributed by atoms with van der Waals surface area (Å²) in [6.45, 7) is 0. The van der Waals surface area contributed by atoms with Crippen LogP contribution in [0.3, 0.4) is 0 Å². The highest BCUT2D eigenvalue weighted by atomic mass is 15.0. The van der Waals surface area contributed by atoms with Crippen molar-refractivity contribution in [2.24, 2.45) is 0 Å². The summed E-state index contributed by atoms with van der Waals surface area (Å²) in [5.41, 5.74) is -0.336. The summed E-state index contributed by atoms with van der Waals surface area (Å²) >= 11 is 0. The van der Waals surface area contributed by atoms with E-state index in [1.807, 2.05) is 60.7 Å². The fraction of sp³-hybridized carbons (Fsp3) is 0. The number of rotatable bonds is 5. The van der Waals surface area contributed by atoms with E-state index < -0.39 is 188 Å². The van der Waals surface area contributed by atoms with E-state index in [4.69, 9.17) is 16.4 Å². The van der Waals surface area contributed by atoms with Gasteiger partial charge in [-0.05, 0) is 94.8 Å². The predicted molar refractivity (Wildman–Crippen MR) is 240 cm³/mol. The van der Waals surface area contributed by atoms with Crippen LogP contribution in [-0.4, -0.2) is 13.7 Å². The summed E-state index contributed by atoms with van der Waals surface area (Å²) in [5, 5.41) is -2.41. The van der Waals surface area contributed by atoms with Crippen molar-refractivity contribution in [3.05, 3.63) is 212 Å². The second-order valence-electron chi connectivity index (χ2n) is 13.3. The van der Waals surface area contributed by atoms with Gasteiger partial charge in [0.2, 0.25) is 0 Å². The smallest absolute Gasteiger partial charge is 0.0652 e. The number of fused-ring (bicyclic) bond motifs is 9. The lowest BCUT2D eigenvalue weighted by atomic mass is 9.99. The van der Waals surface area contributed by atoms with Gasteiger partial charge in [0.25, 0.3) is 0 Å². The molecule has 0 unspecified atom stereocenters. The van der Waals surface area contributed by atoms with Crippen molar-refractivity contribution in [1.82, 2.24) is 13.7 Å². The summed E-state index contributed by atoms with van der Waals surface area (Å²) in [5.74, 6) is 0. The van der Waals surface area contributed by atoms with E-state index in [2.05, 4.69) is 0 Å². The Morgan fingerprint density at radius 3 is 1.51 bits per heavy atom. The second kappa shape index (κ2) is 12.5. The van der Waals surface area contributed by atoms with Crippen molar-refractivity contribution in [3.8, 4) is 39.3 Å². The molecule has 0 radical (unpaired) electrons. The van der Waals surface area contributed by atoms with Crippen LogP contribution in [0.15, 0.2) is 212 Å². The molecule has 0 aliphatic heterocycles. The van der Waals surface area contributed by atoms with Gasteiger partial charge in [-0.1, -0.05) is 139 Å². The Bertz CT molecular complexity index is 4730. The van der Waals surface area contributed by atoms with Crippen molar-refractivity contribution in [2.75, 3.05) is 0 Å². The van der Waals surface area contributed by atoms with Gasteiger partial charge >= 0.3 is 0 Å². The van der Waals surface area contributed by atoms with Crippen LogP contribution in [0.25, 0.3) is 105 Å². The molecule has 12 aromatic rings. The molecule has 266 valence electrons. The number of hydrogen-bond acceptors (Lipinski definition) is 0. The molecular formula is C54H35N3. The fourth-order valence-corrected chi connectivity index (χ4v) is 7.80. The van der Waals surface area contributed by atoms with Crippen molar-refractivity contribution < 1.29 is 30.2 Å². The van der Waals surface area contributed by atoms with E-state index in [9.17, 15) is 13.7 Å². The van der Waals surface area contributed by atoms with E-state index in [0.29, 0.717) is 5.56 Å². The molecule has 9 aromatic carbocycles. The van der Waals surface area contributed by atoms with Gasteiger partial charge in [0, 0.05) is 43.7 Å². The molecule has 3 aromatic heterocycles. The largest absolute Gasteiger partial charge is 0.309 e. The van der Waals surface area contributed by atoms with Gasteiger partial charge in [0.15, 0.2) is 0 Å². The molecule has 0 saturated carbocycles. The first-order valence-electron chi connectivity index (χ1n) is 28.8. The fourth-order valence-electron chi connectivity index (χ4n) is 7.80. The van der Waals surface area contributed by atoms with Gasteiger partial charge in [0.05, 0.1) is 68.9 Å². The quantitative estimate of drug-likeness (QED) is 0.167. The minimum Gasteiger partial charge on any atom is -0.309 e. The SMILES string of the molecule is [2H]c1c([2H])c([2H])c2c(c1[2H])c1c(-n3c4c([2H])c([2H])c([2H])c([2H])c4c4c([2H])c(-n5c6c([2H])c([2H])c([2H])c([2H])c6c6c([2H])c([2H])c([2H])c([2H])c65)c([2H])c([2H])c43)c([2H])c([2H])c([2H])c1n2-c1cccc(-c2cccc(-c3ccccc3)c2)c1. The Labute approximate surface area is 360 Å². The zero-order valence-corrected chi connectivity index (χ0v) is 29.3. The normalized spacial score (nSPS) is 17.3. The van der Waals surface area contributed by atoms with E-state index in [1.165, 1.54) is 4.57 Å². The lowest BCUT2D eigenvalue weighted by Crippen LogP contribution is -1.97. The molecule has 0 bridgehead atoms. The third kappa shape index (κ3) is 4.79. The highest BCUT2D eigenvalue weighted by Crippen LogP contribution is 2.41. The zero-order valence-electron chi connectivity index (χ0n) is 51.3. The minimum atomic E-state index is -0.932. The minimum absolute atomic E-state index is 0.213. The molecule has 3 heteroatoms. The predicted octanol–water partition coefficient (Wildman–Crippen LogP) is 14.3. The molecule has 0 amide bonds. The van der Waals surface area contributed by atoms with Crippen molar-refractivity contribution in [2.45, 2.75) is 0 Å². The Hall–Kier alpha value is -7.62. The maximum absolute atomic E-state index is 10.1. The lowest BCUT2D eigenvalue weighted by Gasteiger charge is -2.13. The monoisotopic (exact) mass is 747 g/mol. The highest BCUT2D eigenvalue weighted by Gasteiger charge is 2.21. The van der Waals surface area contributed by atoms with Gasteiger partial charge in [-0.25, -0.2) is 0 Å². The molecule has 0 saturated heterocycles. The topological polar surface area (TPSA) is 14.8 Å². The van der Waals surface area contributed by atoms with Crippen molar-refractivity contribution in [1.29, 1.82) is 0 Å². The first-order chi connectivity index (χ1) is 37.5. The van der Waals surface area contributed by atoms with Gasteiger partial charge < -0.3 is 13.7 Å². The molecular weight excluding hydrogens is 691 g/mol. The van der Waals surface area contributed by atoms with Crippen LogP contribution in [0.2, 0.25) is 0 Å². The molecule has 57 heavy (non-hydrogen) atoms. The third-order valence-corrected chi connectivity index (χ3v) is 10.2. The Kier molecular flexibility index (Phi) is 3.72. The number of hydrogen-bond donors (Lipinski definition) is 0. The van der Waals surface area contributed by atoms with Crippen LogP contribution in [-0.2, 0) is 0 Å². The van der Waals surface area contributed by atoms with Crippen LogP contribution in [0.5, 0.6) is 0 Å². The molecule has 0 N–H and O–H groups in total. The third-order valence-electron chi connectivity index (χ3n) is 10.2. The van der Waals surface area contributed by atoms with Crippen LogP contribution in [0.4, 0.5) is 0 Å². The standard InChI is InChI=1S/C54H35N3/c1-2-15-36(16-3-1)37-17-12-18-38(33-37)39-19-13-20-40(34-39)56-50-28-11-7-24-45(50)54-52(56)29-14-30-53(54)57-49-27-10-6-23-44(49)46-35-41(31-32-51(46)57)55-47-25-8-4-21-42(47)43-22-5-9-26-48(43)55/h1-35H/i4D,5D,6D,7D,8D,9D,10D,11D,14D,21D,22D,23D,24D,25D,26D,27D,28D,29D,30D,31D,32D,35D. The molecule has 0 atom stereocenters. The summed E-state index contributed by atoms with van der Waals surface area (Å²) in [7, 11) is 0. The Morgan fingerprint density at radius 2 is 0.807 bits per heavy atom. The number of benzene rings is 9. The molecule has 3 heterocycles. The van der Waals surface area contributed by atoms with Gasteiger partial charge in [-0.2, -0.15) is 0 Å². The van der Waals surface area contributed by atoms with Gasteiger partial charge in [0.1, 0.15) is 0 Å². The highest BCUT2D eigenvalue weighted by molar-refractivity contribution is 6.17. The maximum Gasteiger partial charge on any atom is 0.0652 e. The molecule has 0 spiro atoms. The second-order valence-corrected chi connectivity index (χ2v) is 13.3. The average molecular weight is 748 g/mol. The summed E-state index contributed by atoms with van der Waals surface area (Å²) in [6.07, 6.45) is 0. The van der Waals surface area contributed by atoms with Crippen molar-refractivity contribution in [3.63, 3.8) is 0 Å². The van der Waals surface area contributed by atoms with Crippen LogP contribution in [0, 0.1) is 0 Å². The first-order valence-corrected chi connectivity index (χ1v) is 17.8. The molecule has 0 aliphatic rings. The van der Waals surface area contributed by atoms with E-state index in [-0.39, 0.29) is 27.5 Å². The molecule has 0 aliphatic carbocycles. The van der Waals surface area contributed by atoms with Crippen LogP contribution < -0.4 is 0 Å². The van der Waals surface area contributed by atoms with E-state index in [1.54, 1.807) is 18.2 Å². The van der Waals surface area contributed by atoms with Gasteiger partial charge in [-0.3, -0.25) is 0 Å². The number of aromatic nitrogens is 3. The number of nitrogens with zero attached hydrogens (tertiary/aromatic N) is 3. The molecule has 12 rings (SSSR count). The van der Waals surface area contributed by atoms with Crippen molar-refractivity contribution >= 4 is 65.4 Å². The summed E-state index contributed by atoms with van der Waals surface area (Å²) in [6, 6.07) is 7.06. The Morgan fingerprint density at radius 1 is 0.316 bits per heavy atom. The van der Waals surface area contributed by atoms with Crippen LogP contribution in [0.1, 0.15) is 30.2 Å².